The fourth-order valence-corrected chi connectivity index (χ4v) is 2.53. The molecule has 2 rings (SSSR count). The van der Waals surface area contributed by atoms with Crippen LogP contribution in [0, 0.1) is 12.3 Å². The van der Waals surface area contributed by atoms with Gasteiger partial charge in [-0.1, -0.05) is 25.0 Å². The molecule has 0 bridgehead atoms. The van der Waals surface area contributed by atoms with Gasteiger partial charge in [-0.3, -0.25) is 9.78 Å². The van der Waals surface area contributed by atoms with Gasteiger partial charge >= 0.3 is 5.97 Å². The van der Waals surface area contributed by atoms with Crippen molar-refractivity contribution in [2.24, 2.45) is 0 Å². The van der Waals surface area contributed by atoms with Gasteiger partial charge in [-0.05, 0) is 36.2 Å². The van der Waals surface area contributed by atoms with Crippen LogP contribution in [0.3, 0.4) is 0 Å². The molecule has 0 N–H and O–H groups in total. The number of esters is 1. The summed E-state index contributed by atoms with van der Waals surface area (Å²) in [4.78, 5) is 16.7. The highest BCUT2D eigenvalue weighted by molar-refractivity contribution is 8.00. The van der Waals surface area contributed by atoms with E-state index in [9.17, 15) is 4.79 Å². The van der Waals surface area contributed by atoms with Crippen molar-refractivity contribution in [3.05, 3.63) is 54.4 Å². The molecule has 1 aromatic carbocycles. The molecule has 0 saturated heterocycles. The van der Waals surface area contributed by atoms with Gasteiger partial charge in [0.25, 0.3) is 0 Å². The maximum Gasteiger partial charge on any atom is 0.316 e. The molecule has 124 valence electrons. The lowest BCUT2D eigenvalue weighted by Crippen LogP contribution is -2.12. The third-order valence-electron chi connectivity index (χ3n) is 3.16. The zero-order valence-electron chi connectivity index (χ0n) is 13.5. The second kappa shape index (κ2) is 9.64. The second-order valence-electron chi connectivity index (χ2n) is 4.96. The van der Waals surface area contributed by atoms with Crippen LogP contribution in [-0.2, 0) is 16.1 Å². The number of pyridine rings is 1. The Morgan fingerprint density at radius 2 is 1.96 bits per heavy atom. The normalized spacial score (nSPS) is 11.3. The second-order valence-corrected chi connectivity index (χ2v) is 6.01. The van der Waals surface area contributed by atoms with Crippen molar-refractivity contribution in [1.29, 1.82) is 0 Å². The van der Waals surface area contributed by atoms with Crippen LogP contribution in [0.4, 0.5) is 0 Å². The summed E-state index contributed by atoms with van der Waals surface area (Å²) < 4.78 is 10.9. The Morgan fingerprint density at radius 1 is 1.25 bits per heavy atom. The van der Waals surface area contributed by atoms with E-state index in [2.05, 4.69) is 10.9 Å². The van der Waals surface area contributed by atoms with E-state index in [1.54, 1.807) is 12.4 Å². The summed E-state index contributed by atoms with van der Waals surface area (Å²) in [5.74, 6) is 3.31. The van der Waals surface area contributed by atoms with Crippen molar-refractivity contribution in [3.8, 4) is 18.1 Å². The lowest BCUT2D eigenvalue weighted by Gasteiger charge is -2.12. The summed E-state index contributed by atoms with van der Waals surface area (Å²) in [6.45, 7) is 2.21. The maximum absolute atomic E-state index is 11.8. The Balaban J connectivity index is 1.75. The molecule has 5 heteroatoms. The molecule has 4 nitrogen and oxygen atoms in total. The largest absolute Gasteiger partial charge is 0.478 e. The van der Waals surface area contributed by atoms with Crippen LogP contribution in [0.1, 0.15) is 18.9 Å². The van der Waals surface area contributed by atoms with Crippen molar-refractivity contribution in [2.45, 2.75) is 31.0 Å². The molecule has 1 heterocycles. The number of aromatic nitrogens is 1. The predicted octanol–water partition coefficient (Wildman–Crippen LogP) is 3.71. The van der Waals surface area contributed by atoms with Gasteiger partial charge in [0.1, 0.15) is 12.4 Å². The number of benzene rings is 1. The van der Waals surface area contributed by atoms with E-state index in [1.807, 2.05) is 43.3 Å². The van der Waals surface area contributed by atoms with E-state index in [4.69, 9.17) is 15.9 Å². The number of nitrogens with zero attached hydrogens (tertiary/aromatic N) is 1. The average molecular weight is 341 g/mol. The summed E-state index contributed by atoms with van der Waals surface area (Å²) >= 11 is 1.42. The van der Waals surface area contributed by atoms with Gasteiger partial charge in [0.2, 0.25) is 0 Å². The summed E-state index contributed by atoms with van der Waals surface area (Å²) in [6, 6.07) is 11.1. The zero-order valence-corrected chi connectivity index (χ0v) is 14.3. The third-order valence-corrected chi connectivity index (χ3v) is 4.15. The number of carbonyl (C=O) groups excluding carboxylic acids is 1. The minimum Gasteiger partial charge on any atom is -0.478 e. The van der Waals surface area contributed by atoms with E-state index in [0.717, 1.165) is 16.9 Å². The lowest BCUT2D eigenvalue weighted by atomic mass is 10.2. The average Bonchev–Trinajstić information content (AvgIpc) is 2.64. The fourth-order valence-electron chi connectivity index (χ4n) is 1.85. The number of thioether (sulfide) groups is 1. The molecule has 0 saturated carbocycles. The molecule has 1 aromatic heterocycles. The minimum atomic E-state index is -0.254. The van der Waals surface area contributed by atoms with Crippen molar-refractivity contribution in [1.82, 2.24) is 4.98 Å². The van der Waals surface area contributed by atoms with E-state index in [1.165, 1.54) is 11.8 Å². The van der Waals surface area contributed by atoms with E-state index in [-0.39, 0.29) is 24.4 Å². The van der Waals surface area contributed by atoms with Crippen LogP contribution in [0.25, 0.3) is 0 Å². The van der Waals surface area contributed by atoms with Crippen LogP contribution < -0.4 is 4.74 Å². The zero-order chi connectivity index (χ0) is 17.2. The quantitative estimate of drug-likeness (QED) is 0.416. The van der Waals surface area contributed by atoms with Gasteiger partial charge in [0.05, 0.1) is 5.75 Å². The first kappa shape index (κ1) is 17.9. The highest BCUT2D eigenvalue weighted by Gasteiger charge is 2.06. The summed E-state index contributed by atoms with van der Waals surface area (Å²) in [7, 11) is 0. The molecule has 1 atom stereocenters. The predicted molar refractivity (Wildman–Crippen MR) is 94.7 cm³/mol. The molecule has 0 aliphatic carbocycles. The molecule has 0 spiro atoms. The number of hydrogen-bond donors (Lipinski definition) is 0. The minimum absolute atomic E-state index is 0.223. The first-order valence-electron chi connectivity index (χ1n) is 7.61. The number of terminal acetylenes is 1. The highest BCUT2D eigenvalue weighted by Crippen LogP contribution is 2.18. The van der Waals surface area contributed by atoms with Gasteiger partial charge in [-0.2, -0.15) is 0 Å². The molecule has 24 heavy (non-hydrogen) atoms. The van der Waals surface area contributed by atoms with Gasteiger partial charge in [0, 0.05) is 17.3 Å². The molecule has 0 radical (unpaired) electrons. The number of carbonyl (C=O) groups is 1. The number of hydrogen-bond acceptors (Lipinski definition) is 5. The lowest BCUT2D eigenvalue weighted by molar-refractivity contribution is -0.141. The van der Waals surface area contributed by atoms with Crippen LogP contribution in [0.15, 0.2) is 53.7 Å². The van der Waals surface area contributed by atoms with Crippen LogP contribution in [0.2, 0.25) is 0 Å². The van der Waals surface area contributed by atoms with Crippen LogP contribution in [-0.4, -0.2) is 22.8 Å². The maximum atomic E-state index is 11.8. The van der Waals surface area contributed by atoms with E-state index >= 15 is 0 Å². The van der Waals surface area contributed by atoms with Gasteiger partial charge in [0.15, 0.2) is 6.10 Å². The molecular weight excluding hydrogens is 322 g/mol. The van der Waals surface area contributed by atoms with Gasteiger partial charge < -0.3 is 9.47 Å². The summed E-state index contributed by atoms with van der Waals surface area (Å²) in [5.41, 5.74) is 0.901. The van der Waals surface area contributed by atoms with Crippen molar-refractivity contribution in [3.63, 3.8) is 0 Å². The van der Waals surface area contributed by atoms with E-state index in [0.29, 0.717) is 5.75 Å². The first-order chi connectivity index (χ1) is 11.7. The fraction of sp³-hybridized carbons (Fsp3) is 0.263. The smallest absolute Gasteiger partial charge is 0.316 e. The van der Waals surface area contributed by atoms with Crippen molar-refractivity contribution >= 4 is 17.7 Å². The molecule has 0 aliphatic heterocycles. The van der Waals surface area contributed by atoms with Crippen molar-refractivity contribution < 1.29 is 14.3 Å². The highest BCUT2D eigenvalue weighted by atomic mass is 32.2. The molecule has 0 amide bonds. The number of rotatable bonds is 8. The Hall–Kier alpha value is -2.45. The Labute approximate surface area is 146 Å². The summed E-state index contributed by atoms with van der Waals surface area (Å²) in [5, 5.41) is 0. The van der Waals surface area contributed by atoms with Gasteiger partial charge in [-0.25, -0.2) is 0 Å². The first-order valence-corrected chi connectivity index (χ1v) is 8.60. The Morgan fingerprint density at radius 3 is 2.58 bits per heavy atom. The Kier molecular flexibility index (Phi) is 7.19. The van der Waals surface area contributed by atoms with Gasteiger partial charge in [-0.15, -0.1) is 18.2 Å². The molecule has 0 fully saturated rings. The summed E-state index contributed by atoms with van der Waals surface area (Å²) in [6.07, 6.45) is 9.30. The SMILES string of the molecule is C#C[C@H](CC)Oc1ccc(COC(=O)CSc2ccncc2)cc1. The van der Waals surface area contributed by atoms with Crippen LogP contribution in [0.5, 0.6) is 5.75 Å². The monoisotopic (exact) mass is 341 g/mol. The molecule has 0 aliphatic rings. The third kappa shape index (κ3) is 5.98. The topological polar surface area (TPSA) is 48.4 Å². The number of ether oxygens (including phenoxy) is 2. The Bertz CT molecular complexity index is 680. The molecule has 2 aromatic rings. The molecule has 0 unspecified atom stereocenters. The van der Waals surface area contributed by atoms with Crippen LogP contribution >= 0.6 is 11.8 Å². The van der Waals surface area contributed by atoms with E-state index < -0.39 is 0 Å². The standard InChI is InChI=1S/C19H19NO3S/c1-3-16(4-2)23-17-7-5-15(6-8-17)13-22-19(21)14-24-18-9-11-20-12-10-18/h1,5-12,16H,4,13-14H2,2H3/t16-/m1/s1. The molecular formula is C19H19NO3S. The van der Waals surface area contributed by atoms with Crippen molar-refractivity contribution in [2.75, 3.05) is 5.75 Å².